The molecule has 2 rings (SSSR count). The smallest absolute Gasteiger partial charge is 0.251 e. The van der Waals surface area contributed by atoms with E-state index in [4.69, 9.17) is 0 Å². The maximum absolute atomic E-state index is 12.3. The van der Waals surface area contributed by atoms with Gasteiger partial charge in [0.1, 0.15) is 0 Å². The van der Waals surface area contributed by atoms with Gasteiger partial charge in [-0.15, -0.1) is 0 Å². The molecule has 5 nitrogen and oxygen atoms in total. The van der Waals surface area contributed by atoms with Gasteiger partial charge >= 0.3 is 0 Å². The summed E-state index contributed by atoms with van der Waals surface area (Å²) in [4.78, 5) is 13.9. The third-order valence-corrected chi connectivity index (χ3v) is 5.13. The first-order valence-electron chi connectivity index (χ1n) is 8.28. The Hall–Kier alpha value is -1.40. The predicted molar refractivity (Wildman–Crippen MR) is 91.3 cm³/mol. The van der Waals surface area contributed by atoms with Gasteiger partial charge in [0.25, 0.3) is 5.91 Å². The SMILES string of the molecule is CCC[NH+]1CCC(NC(=O)c2ccc(CS(C)(=O)=O)cc2)CC1. The van der Waals surface area contributed by atoms with Crippen LogP contribution in [0.3, 0.4) is 0 Å². The molecule has 1 heterocycles. The van der Waals surface area contributed by atoms with Crippen LogP contribution in [-0.4, -0.2) is 46.3 Å². The number of benzene rings is 1. The Kier molecular flexibility index (Phi) is 6.18. The van der Waals surface area contributed by atoms with Gasteiger partial charge in [0.15, 0.2) is 9.84 Å². The second-order valence-corrected chi connectivity index (χ2v) is 8.65. The molecule has 0 spiro atoms. The Morgan fingerprint density at radius 3 is 2.35 bits per heavy atom. The molecule has 23 heavy (non-hydrogen) atoms. The Balaban J connectivity index is 1.86. The van der Waals surface area contributed by atoms with Gasteiger partial charge in [-0.25, -0.2) is 8.42 Å². The van der Waals surface area contributed by atoms with E-state index in [1.165, 1.54) is 19.2 Å². The molecule has 1 amide bonds. The Morgan fingerprint density at radius 1 is 1.22 bits per heavy atom. The van der Waals surface area contributed by atoms with Crippen molar-refractivity contribution in [2.45, 2.75) is 38.0 Å². The Bertz CT molecular complexity index is 618. The Morgan fingerprint density at radius 2 is 1.83 bits per heavy atom. The second-order valence-electron chi connectivity index (χ2n) is 6.51. The van der Waals surface area contributed by atoms with E-state index in [1.54, 1.807) is 29.2 Å². The number of carbonyl (C=O) groups is 1. The van der Waals surface area contributed by atoms with Gasteiger partial charge in [-0.3, -0.25) is 4.79 Å². The maximum atomic E-state index is 12.3. The van der Waals surface area contributed by atoms with E-state index in [1.807, 2.05) is 0 Å². The van der Waals surface area contributed by atoms with Crippen LogP contribution in [-0.2, 0) is 15.6 Å². The molecule has 0 aliphatic carbocycles. The third-order valence-electron chi connectivity index (χ3n) is 4.28. The van der Waals surface area contributed by atoms with Crippen molar-refractivity contribution >= 4 is 15.7 Å². The molecule has 1 aliphatic rings. The summed E-state index contributed by atoms with van der Waals surface area (Å²) in [6.07, 6.45) is 4.45. The Labute approximate surface area is 139 Å². The van der Waals surface area contributed by atoms with Crippen LogP contribution < -0.4 is 10.2 Å². The van der Waals surface area contributed by atoms with Crippen molar-refractivity contribution in [2.24, 2.45) is 0 Å². The third kappa shape index (κ3) is 5.95. The average Bonchev–Trinajstić information content (AvgIpc) is 2.48. The highest BCUT2D eigenvalue weighted by Gasteiger charge is 2.23. The van der Waals surface area contributed by atoms with Crippen molar-refractivity contribution in [1.82, 2.24) is 5.32 Å². The molecule has 1 aliphatic heterocycles. The quantitative estimate of drug-likeness (QED) is 0.789. The van der Waals surface area contributed by atoms with E-state index in [2.05, 4.69) is 12.2 Å². The van der Waals surface area contributed by atoms with Gasteiger partial charge in [-0.2, -0.15) is 0 Å². The van der Waals surface area contributed by atoms with Gasteiger partial charge in [0.2, 0.25) is 0 Å². The number of rotatable bonds is 6. The van der Waals surface area contributed by atoms with E-state index in [0.717, 1.165) is 25.9 Å². The highest BCUT2D eigenvalue weighted by Crippen LogP contribution is 2.09. The minimum absolute atomic E-state index is 0.00750. The van der Waals surface area contributed by atoms with Crippen molar-refractivity contribution in [2.75, 3.05) is 25.9 Å². The number of carbonyl (C=O) groups excluding carboxylic acids is 1. The summed E-state index contributed by atoms with van der Waals surface area (Å²) in [5, 5.41) is 3.10. The van der Waals surface area contributed by atoms with Crippen molar-refractivity contribution in [1.29, 1.82) is 0 Å². The highest BCUT2D eigenvalue weighted by molar-refractivity contribution is 7.89. The van der Waals surface area contributed by atoms with Crippen LogP contribution in [0.5, 0.6) is 0 Å². The van der Waals surface area contributed by atoms with Crippen molar-refractivity contribution in [3.05, 3.63) is 35.4 Å². The molecule has 0 bridgehead atoms. The molecule has 1 fully saturated rings. The molecular weight excluding hydrogens is 312 g/mol. The van der Waals surface area contributed by atoms with Crippen LogP contribution >= 0.6 is 0 Å². The molecule has 2 N–H and O–H groups in total. The van der Waals surface area contributed by atoms with Crippen LogP contribution in [0.4, 0.5) is 0 Å². The van der Waals surface area contributed by atoms with Crippen LogP contribution in [0.2, 0.25) is 0 Å². The average molecular weight is 339 g/mol. The van der Waals surface area contributed by atoms with E-state index in [9.17, 15) is 13.2 Å². The molecule has 0 saturated carbocycles. The number of hydrogen-bond donors (Lipinski definition) is 2. The molecular formula is C17H27N2O3S+. The molecule has 1 saturated heterocycles. The summed E-state index contributed by atoms with van der Waals surface area (Å²) in [7, 11) is -3.05. The summed E-state index contributed by atoms with van der Waals surface area (Å²) < 4.78 is 22.5. The number of likely N-dealkylation sites (tertiary alicyclic amines) is 1. The number of quaternary nitrogens is 1. The first kappa shape index (κ1) is 17.9. The number of hydrogen-bond acceptors (Lipinski definition) is 3. The fraction of sp³-hybridized carbons (Fsp3) is 0.588. The molecule has 0 unspecified atom stereocenters. The summed E-state index contributed by atoms with van der Waals surface area (Å²) in [5.74, 6) is -0.0621. The minimum Gasteiger partial charge on any atom is -0.349 e. The van der Waals surface area contributed by atoms with Gasteiger partial charge in [0, 0.05) is 30.7 Å². The molecule has 0 atom stereocenters. The van der Waals surface area contributed by atoms with Crippen LogP contribution in [0, 0.1) is 0 Å². The second kappa shape index (κ2) is 7.93. The fourth-order valence-corrected chi connectivity index (χ4v) is 3.90. The topological polar surface area (TPSA) is 67.7 Å². The molecule has 1 aromatic carbocycles. The maximum Gasteiger partial charge on any atom is 0.251 e. The number of sulfone groups is 1. The van der Waals surface area contributed by atoms with E-state index < -0.39 is 9.84 Å². The summed E-state index contributed by atoms with van der Waals surface area (Å²) in [5.41, 5.74) is 1.30. The van der Waals surface area contributed by atoms with Crippen molar-refractivity contribution in [3.8, 4) is 0 Å². The molecule has 6 heteroatoms. The molecule has 128 valence electrons. The highest BCUT2D eigenvalue weighted by atomic mass is 32.2. The minimum atomic E-state index is -3.05. The van der Waals surface area contributed by atoms with Crippen molar-refractivity contribution in [3.63, 3.8) is 0 Å². The molecule has 0 aromatic heterocycles. The summed E-state index contributed by atoms with van der Waals surface area (Å²) in [6, 6.07) is 7.08. The standard InChI is InChI=1S/C17H26N2O3S/c1-3-10-19-11-8-16(9-12-19)18-17(20)15-6-4-14(5-7-15)13-23(2,21)22/h4-7,16H,3,8-13H2,1-2H3,(H,18,20)/p+1. The molecule has 0 radical (unpaired) electrons. The van der Waals surface area contributed by atoms with Crippen LogP contribution in [0.25, 0.3) is 0 Å². The number of nitrogens with one attached hydrogen (secondary N) is 2. The van der Waals surface area contributed by atoms with E-state index in [0.29, 0.717) is 11.1 Å². The van der Waals surface area contributed by atoms with Gasteiger partial charge in [-0.05, 0) is 24.1 Å². The number of amides is 1. The summed E-state index contributed by atoms with van der Waals surface area (Å²) in [6.45, 7) is 5.65. The molecule has 1 aromatic rings. The van der Waals surface area contributed by atoms with Gasteiger partial charge < -0.3 is 10.2 Å². The summed E-state index contributed by atoms with van der Waals surface area (Å²) >= 11 is 0. The van der Waals surface area contributed by atoms with Gasteiger partial charge in [-0.1, -0.05) is 19.1 Å². The zero-order chi connectivity index (χ0) is 16.9. The van der Waals surface area contributed by atoms with Crippen LogP contribution in [0.15, 0.2) is 24.3 Å². The van der Waals surface area contributed by atoms with E-state index in [-0.39, 0.29) is 17.7 Å². The van der Waals surface area contributed by atoms with Crippen molar-refractivity contribution < 1.29 is 18.1 Å². The first-order valence-corrected chi connectivity index (χ1v) is 10.3. The van der Waals surface area contributed by atoms with Gasteiger partial charge in [0.05, 0.1) is 25.4 Å². The number of piperidine rings is 1. The monoisotopic (exact) mass is 339 g/mol. The zero-order valence-corrected chi connectivity index (χ0v) is 14.8. The lowest BCUT2D eigenvalue weighted by Gasteiger charge is -2.29. The first-order chi connectivity index (χ1) is 10.9. The normalized spacial score (nSPS) is 21.8. The predicted octanol–water partition coefficient (Wildman–Crippen LogP) is 0.418. The lowest BCUT2D eigenvalue weighted by Crippen LogP contribution is -3.13. The lowest BCUT2D eigenvalue weighted by atomic mass is 10.0. The fourth-order valence-electron chi connectivity index (χ4n) is 3.10. The zero-order valence-electron chi connectivity index (χ0n) is 14.0. The van der Waals surface area contributed by atoms with Crippen LogP contribution in [0.1, 0.15) is 42.1 Å². The lowest BCUT2D eigenvalue weighted by molar-refractivity contribution is -0.905. The van der Waals surface area contributed by atoms with E-state index >= 15 is 0 Å². The largest absolute Gasteiger partial charge is 0.349 e.